The molecule has 2 aromatic rings. The highest BCUT2D eigenvalue weighted by molar-refractivity contribution is 9.10. The van der Waals surface area contributed by atoms with Crippen LogP contribution in [-0.4, -0.2) is 9.55 Å². The van der Waals surface area contributed by atoms with E-state index in [0.29, 0.717) is 0 Å². The molecule has 0 N–H and O–H groups in total. The first-order valence-corrected chi connectivity index (χ1v) is 8.68. The van der Waals surface area contributed by atoms with Gasteiger partial charge in [0.05, 0.1) is 16.4 Å². The van der Waals surface area contributed by atoms with Crippen LogP contribution in [0.25, 0.3) is 11.0 Å². The highest BCUT2D eigenvalue weighted by atomic mass is 79.9. The molecule has 1 aromatic heterocycles. The first kappa shape index (κ1) is 14.4. The number of hydrogen-bond donors (Lipinski definition) is 0. The minimum absolute atomic E-state index is 0.0512. The molecule has 2 nitrogen and oxygen atoms in total. The largest absolute Gasteiger partial charge is 0.327 e. The number of halogens is 2. The van der Waals surface area contributed by atoms with Gasteiger partial charge in [-0.2, -0.15) is 0 Å². The van der Waals surface area contributed by atoms with Crippen molar-refractivity contribution >= 4 is 38.6 Å². The molecule has 0 bridgehead atoms. The predicted molar refractivity (Wildman–Crippen MR) is 88.3 cm³/mol. The fourth-order valence-corrected chi connectivity index (χ4v) is 3.79. The van der Waals surface area contributed by atoms with Crippen LogP contribution >= 0.6 is 27.5 Å². The van der Waals surface area contributed by atoms with Gasteiger partial charge >= 0.3 is 0 Å². The van der Waals surface area contributed by atoms with E-state index in [4.69, 9.17) is 16.6 Å². The fraction of sp³-hybridized carbons (Fsp3) is 0.562. The van der Waals surface area contributed by atoms with Crippen LogP contribution in [0.4, 0.5) is 0 Å². The Hall–Kier alpha value is -0.540. The maximum absolute atomic E-state index is 6.32. The van der Waals surface area contributed by atoms with E-state index in [0.717, 1.165) is 28.3 Å². The average molecular weight is 356 g/mol. The van der Waals surface area contributed by atoms with Gasteiger partial charge in [0.1, 0.15) is 5.82 Å². The lowest BCUT2D eigenvalue weighted by Gasteiger charge is -2.13. The topological polar surface area (TPSA) is 17.8 Å². The smallest absolute Gasteiger partial charge is 0.127 e. The summed E-state index contributed by atoms with van der Waals surface area (Å²) in [6.45, 7) is 3.04. The molecular formula is C16H20BrClN2. The summed E-state index contributed by atoms with van der Waals surface area (Å²) < 4.78 is 3.39. The zero-order chi connectivity index (χ0) is 14.1. The minimum Gasteiger partial charge on any atom is -0.327 e. The van der Waals surface area contributed by atoms with Gasteiger partial charge in [-0.25, -0.2) is 4.98 Å². The molecule has 0 radical (unpaired) electrons. The lowest BCUT2D eigenvalue weighted by Crippen LogP contribution is -2.08. The van der Waals surface area contributed by atoms with Gasteiger partial charge in [-0.3, -0.25) is 0 Å². The van der Waals surface area contributed by atoms with E-state index in [1.807, 2.05) is 6.92 Å². The van der Waals surface area contributed by atoms with Crippen molar-refractivity contribution in [2.45, 2.75) is 50.9 Å². The Morgan fingerprint density at radius 2 is 2.15 bits per heavy atom. The number of alkyl halides is 1. The number of fused-ring (bicyclic) bond motifs is 1. The van der Waals surface area contributed by atoms with Crippen LogP contribution in [0, 0.1) is 5.92 Å². The van der Waals surface area contributed by atoms with Crippen LogP contribution in [0.15, 0.2) is 22.7 Å². The van der Waals surface area contributed by atoms with Crippen molar-refractivity contribution < 1.29 is 0 Å². The zero-order valence-electron chi connectivity index (χ0n) is 11.8. The molecule has 1 aliphatic carbocycles. The van der Waals surface area contributed by atoms with E-state index < -0.39 is 0 Å². The van der Waals surface area contributed by atoms with E-state index in [-0.39, 0.29) is 5.38 Å². The summed E-state index contributed by atoms with van der Waals surface area (Å²) in [5.41, 5.74) is 2.24. The monoisotopic (exact) mass is 354 g/mol. The van der Waals surface area contributed by atoms with E-state index in [1.54, 1.807) is 0 Å². The van der Waals surface area contributed by atoms with Crippen molar-refractivity contribution in [1.82, 2.24) is 9.55 Å². The van der Waals surface area contributed by atoms with Crippen LogP contribution in [0.3, 0.4) is 0 Å². The fourth-order valence-electron chi connectivity index (χ4n) is 3.27. The molecule has 0 amide bonds. The Bertz CT molecular complexity index is 600. The maximum atomic E-state index is 6.32. The minimum atomic E-state index is -0.0512. The van der Waals surface area contributed by atoms with Crippen molar-refractivity contribution in [2.75, 3.05) is 0 Å². The normalized spacial score (nSPS) is 17.9. The van der Waals surface area contributed by atoms with Crippen LogP contribution in [0.2, 0.25) is 0 Å². The molecule has 0 saturated heterocycles. The first-order chi connectivity index (χ1) is 9.65. The molecule has 1 saturated carbocycles. The van der Waals surface area contributed by atoms with Crippen molar-refractivity contribution in [2.24, 2.45) is 5.92 Å². The summed E-state index contributed by atoms with van der Waals surface area (Å²) in [6, 6.07) is 6.30. The summed E-state index contributed by atoms with van der Waals surface area (Å²) >= 11 is 9.83. The molecular weight excluding hydrogens is 336 g/mol. The highest BCUT2D eigenvalue weighted by Crippen LogP contribution is 2.31. The number of aryl methyl sites for hydroxylation is 1. The number of hydrogen-bond acceptors (Lipinski definition) is 1. The summed E-state index contributed by atoms with van der Waals surface area (Å²) in [4.78, 5) is 4.72. The number of benzene rings is 1. The van der Waals surface area contributed by atoms with Crippen molar-refractivity contribution in [3.05, 3.63) is 28.5 Å². The van der Waals surface area contributed by atoms with Gasteiger partial charge in [0.25, 0.3) is 0 Å². The van der Waals surface area contributed by atoms with Crippen molar-refractivity contribution in [3.63, 3.8) is 0 Å². The lowest BCUT2D eigenvalue weighted by molar-refractivity contribution is 0.456. The average Bonchev–Trinajstić information content (AvgIpc) is 3.02. The summed E-state index contributed by atoms with van der Waals surface area (Å²) in [6.07, 6.45) is 6.84. The molecule has 1 aliphatic rings. The number of nitrogens with zero attached hydrogens (tertiary/aromatic N) is 2. The molecule has 1 atom stereocenters. The van der Waals surface area contributed by atoms with Gasteiger partial charge in [0, 0.05) is 11.0 Å². The summed E-state index contributed by atoms with van der Waals surface area (Å²) in [7, 11) is 0. The van der Waals surface area contributed by atoms with Gasteiger partial charge < -0.3 is 4.57 Å². The molecule has 3 rings (SSSR count). The van der Waals surface area contributed by atoms with Crippen molar-refractivity contribution in [3.8, 4) is 0 Å². The van der Waals surface area contributed by atoms with Crippen LogP contribution in [0.1, 0.15) is 50.2 Å². The Morgan fingerprint density at radius 3 is 2.85 bits per heavy atom. The van der Waals surface area contributed by atoms with Gasteiger partial charge in [-0.15, -0.1) is 11.6 Å². The molecule has 1 heterocycles. The second-order valence-corrected chi connectivity index (χ2v) is 7.38. The molecule has 0 spiro atoms. The van der Waals surface area contributed by atoms with Crippen LogP contribution in [0.5, 0.6) is 0 Å². The van der Waals surface area contributed by atoms with Gasteiger partial charge in [-0.1, -0.05) is 41.6 Å². The molecule has 1 unspecified atom stereocenters. The second-order valence-electron chi connectivity index (χ2n) is 5.81. The van der Waals surface area contributed by atoms with E-state index in [1.165, 1.54) is 37.6 Å². The molecule has 1 aromatic carbocycles. The summed E-state index contributed by atoms with van der Waals surface area (Å²) in [5, 5.41) is -0.0512. The Labute approximate surface area is 133 Å². The van der Waals surface area contributed by atoms with E-state index >= 15 is 0 Å². The molecule has 108 valence electrons. The number of imidazole rings is 1. The standard InChI is InChI=1S/C16H20BrClN2/c1-11(18)16-19-14-10-13(17)6-7-15(14)20(16)9-8-12-4-2-3-5-12/h6-7,10-12H,2-5,8-9H2,1H3. The molecule has 0 aliphatic heterocycles. The van der Waals surface area contributed by atoms with Crippen LogP contribution < -0.4 is 0 Å². The highest BCUT2D eigenvalue weighted by Gasteiger charge is 2.18. The summed E-state index contributed by atoms with van der Waals surface area (Å²) in [5.74, 6) is 1.89. The quantitative estimate of drug-likeness (QED) is 0.645. The van der Waals surface area contributed by atoms with E-state index in [2.05, 4.69) is 38.7 Å². The Balaban J connectivity index is 1.91. The maximum Gasteiger partial charge on any atom is 0.127 e. The van der Waals surface area contributed by atoms with Crippen LogP contribution in [-0.2, 0) is 6.54 Å². The van der Waals surface area contributed by atoms with Gasteiger partial charge in [0.2, 0.25) is 0 Å². The first-order valence-electron chi connectivity index (χ1n) is 7.45. The number of aromatic nitrogens is 2. The van der Waals surface area contributed by atoms with Gasteiger partial charge in [-0.05, 0) is 37.5 Å². The third-order valence-electron chi connectivity index (χ3n) is 4.33. The van der Waals surface area contributed by atoms with E-state index in [9.17, 15) is 0 Å². The molecule has 1 fully saturated rings. The Kier molecular flexibility index (Phi) is 4.37. The Morgan fingerprint density at radius 1 is 1.40 bits per heavy atom. The number of rotatable bonds is 4. The third-order valence-corrected chi connectivity index (χ3v) is 5.02. The van der Waals surface area contributed by atoms with Gasteiger partial charge in [0.15, 0.2) is 0 Å². The molecule has 20 heavy (non-hydrogen) atoms. The zero-order valence-corrected chi connectivity index (χ0v) is 14.1. The van der Waals surface area contributed by atoms with Crippen molar-refractivity contribution in [1.29, 1.82) is 0 Å². The third kappa shape index (κ3) is 2.89. The predicted octanol–water partition coefficient (Wildman–Crippen LogP) is 5.68. The second kappa shape index (κ2) is 6.07. The molecule has 4 heteroatoms. The lowest BCUT2D eigenvalue weighted by atomic mass is 10.0. The SMILES string of the molecule is CC(Cl)c1nc2cc(Br)ccc2n1CCC1CCCC1.